The van der Waals surface area contributed by atoms with E-state index < -0.39 is 18.5 Å². The van der Waals surface area contributed by atoms with Gasteiger partial charge in [0.2, 0.25) is 0 Å². The SMILES string of the molecule is CNC(=O)c1cccc(NC(=O)COC(=O)c2ccccc2Cl)c1. The highest BCUT2D eigenvalue weighted by molar-refractivity contribution is 6.33. The Hall–Kier alpha value is -2.86. The Balaban J connectivity index is 1.93. The predicted molar refractivity (Wildman–Crippen MR) is 90.2 cm³/mol. The molecule has 0 aliphatic rings. The lowest BCUT2D eigenvalue weighted by molar-refractivity contribution is -0.119. The molecular formula is C17H15ClN2O4. The van der Waals surface area contributed by atoms with Gasteiger partial charge < -0.3 is 15.4 Å². The highest BCUT2D eigenvalue weighted by Gasteiger charge is 2.13. The van der Waals surface area contributed by atoms with Gasteiger partial charge in [0.1, 0.15) is 0 Å². The topological polar surface area (TPSA) is 84.5 Å². The van der Waals surface area contributed by atoms with Crippen LogP contribution in [0.4, 0.5) is 5.69 Å². The lowest BCUT2D eigenvalue weighted by atomic mass is 10.2. The molecule has 0 atom stereocenters. The Bertz CT molecular complexity index is 777. The van der Waals surface area contributed by atoms with E-state index in [2.05, 4.69) is 10.6 Å². The summed E-state index contributed by atoms with van der Waals surface area (Å²) in [5, 5.41) is 5.30. The highest BCUT2D eigenvalue weighted by Crippen LogP contribution is 2.16. The summed E-state index contributed by atoms with van der Waals surface area (Å²) >= 11 is 5.89. The summed E-state index contributed by atoms with van der Waals surface area (Å²) in [5.74, 6) is -1.48. The smallest absolute Gasteiger partial charge is 0.340 e. The molecule has 2 aromatic rings. The number of carbonyl (C=O) groups is 3. The lowest BCUT2D eigenvalue weighted by Crippen LogP contribution is -2.22. The molecule has 0 saturated heterocycles. The first-order valence-corrected chi connectivity index (χ1v) is 7.42. The summed E-state index contributed by atoms with van der Waals surface area (Å²) in [4.78, 5) is 35.3. The zero-order chi connectivity index (χ0) is 17.5. The number of anilines is 1. The minimum Gasteiger partial charge on any atom is -0.452 e. The Labute approximate surface area is 143 Å². The molecule has 0 heterocycles. The van der Waals surface area contributed by atoms with Gasteiger partial charge in [-0.3, -0.25) is 9.59 Å². The van der Waals surface area contributed by atoms with Crippen molar-refractivity contribution < 1.29 is 19.1 Å². The summed E-state index contributed by atoms with van der Waals surface area (Å²) in [7, 11) is 1.52. The number of halogens is 1. The summed E-state index contributed by atoms with van der Waals surface area (Å²) < 4.78 is 4.93. The van der Waals surface area contributed by atoms with Gasteiger partial charge in [-0.05, 0) is 30.3 Å². The van der Waals surface area contributed by atoms with E-state index in [1.54, 1.807) is 36.4 Å². The number of ether oxygens (including phenoxy) is 1. The van der Waals surface area contributed by atoms with Crippen LogP contribution in [0, 0.1) is 0 Å². The molecule has 2 rings (SSSR count). The van der Waals surface area contributed by atoms with Gasteiger partial charge in [-0.25, -0.2) is 4.79 Å². The Morgan fingerprint density at radius 2 is 1.83 bits per heavy atom. The van der Waals surface area contributed by atoms with Crippen molar-refractivity contribution in [1.29, 1.82) is 0 Å². The third kappa shape index (κ3) is 4.57. The molecule has 2 N–H and O–H groups in total. The van der Waals surface area contributed by atoms with E-state index in [-0.39, 0.29) is 16.5 Å². The third-order valence-corrected chi connectivity index (χ3v) is 3.39. The minimum absolute atomic E-state index is 0.189. The van der Waals surface area contributed by atoms with Crippen molar-refractivity contribution in [3.05, 3.63) is 64.7 Å². The summed E-state index contributed by atoms with van der Waals surface area (Å²) in [6.07, 6.45) is 0. The van der Waals surface area contributed by atoms with Crippen molar-refractivity contribution in [3.63, 3.8) is 0 Å². The van der Waals surface area contributed by atoms with E-state index in [1.807, 2.05) is 0 Å². The molecule has 124 valence electrons. The maximum absolute atomic E-state index is 11.9. The predicted octanol–water partition coefficient (Wildman–Crippen LogP) is 2.50. The quantitative estimate of drug-likeness (QED) is 0.815. The fourth-order valence-corrected chi connectivity index (χ4v) is 2.13. The van der Waals surface area contributed by atoms with Gasteiger partial charge >= 0.3 is 5.97 Å². The maximum atomic E-state index is 11.9. The number of amides is 2. The van der Waals surface area contributed by atoms with Crippen molar-refractivity contribution in [2.24, 2.45) is 0 Å². The largest absolute Gasteiger partial charge is 0.452 e. The van der Waals surface area contributed by atoms with Crippen LogP contribution in [0.25, 0.3) is 0 Å². The molecule has 0 aromatic heterocycles. The summed E-state index contributed by atoms with van der Waals surface area (Å²) in [5.41, 5.74) is 1.02. The molecule has 2 aromatic carbocycles. The van der Waals surface area contributed by atoms with Crippen LogP contribution in [0.3, 0.4) is 0 Å². The first-order chi connectivity index (χ1) is 11.5. The Kier molecular flexibility index (Phi) is 5.92. The molecule has 2 amide bonds. The molecule has 0 aliphatic heterocycles. The van der Waals surface area contributed by atoms with Crippen LogP contribution < -0.4 is 10.6 Å². The molecule has 6 nitrogen and oxygen atoms in total. The van der Waals surface area contributed by atoms with Gasteiger partial charge in [0.05, 0.1) is 10.6 Å². The van der Waals surface area contributed by atoms with E-state index in [0.717, 1.165) is 0 Å². The van der Waals surface area contributed by atoms with Crippen LogP contribution in [0.2, 0.25) is 5.02 Å². The molecule has 0 fully saturated rings. The molecule has 0 bridgehead atoms. The van der Waals surface area contributed by atoms with Crippen LogP contribution in [-0.2, 0) is 9.53 Å². The second-order valence-electron chi connectivity index (χ2n) is 4.76. The van der Waals surface area contributed by atoms with Crippen LogP contribution in [0.1, 0.15) is 20.7 Å². The fraction of sp³-hybridized carbons (Fsp3) is 0.118. The zero-order valence-corrected chi connectivity index (χ0v) is 13.6. The number of hydrogen-bond donors (Lipinski definition) is 2. The average Bonchev–Trinajstić information content (AvgIpc) is 2.59. The van der Waals surface area contributed by atoms with Gasteiger partial charge in [0.25, 0.3) is 11.8 Å². The van der Waals surface area contributed by atoms with Crippen molar-refractivity contribution >= 4 is 35.1 Å². The Morgan fingerprint density at radius 3 is 2.54 bits per heavy atom. The summed E-state index contributed by atoms with van der Waals surface area (Å²) in [6.45, 7) is -0.464. The van der Waals surface area contributed by atoms with Crippen molar-refractivity contribution in [2.75, 3.05) is 19.0 Å². The lowest BCUT2D eigenvalue weighted by Gasteiger charge is -2.08. The number of carbonyl (C=O) groups excluding carboxylic acids is 3. The van der Waals surface area contributed by atoms with Crippen molar-refractivity contribution in [1.82, 2.24) is 5.32 Å². The second-order valence-corrected chi connectivity index (χ2v) is 5.17. The van der Waals surface area contributed by atoms with Crippen LogP contribution in [0.15, 0.2) is 48.5 Å². The Morgan fingerprint density at radius 1 is 1.08 bits per heavy atom. The van der Waals surface area contributed by atoms with Gasteiger partial charge in [-0.15, -0.1) is 0 Å². The number of esters is 1. The fourth-order valence-electron chi connectivity index (χ4n) is 1.92. The van der Waals surface area contributed by atoms with Crippen molar-refractivity contribution in [2.45, 2.75) is 0 Å². The summed E-state index contributed by atoms with van der Waals surface area (Å²) in [6, 6.07) is 12.8. The number of nitrogens with one attached hydrogen (secondary N) is 2. The van der Waals surface area contributed by atoms with E-state index in [0.29, 0.717) is 11.3 Å². The maximum Gasteiger partial charge on any atom is 0.340 e. The average molecular weight is 347 g/mol. The number of benzene rings is 2. The van der Waals surface area contributed by atoms with E-state index in [4.69, 9.17) is 16.3 Å². The molecule has 0 unspecified atom stereocenters. The molecule has 7 heteroatoms. The monoisotopic (exact) mass is 346 g/mol. The number of hydrogen-bond acceptors (Lipinski definition) is 4. The minimum atomic E-state index is -0.685. The van der Waals surface area contributed by atoms with Crippen LogP contribution >= 0.6 is 11.6 Å². The first kappa shape index (κ1) is 17.5. The van der Waals surface area contributed by atoms with Gasteiger partial charge in [-0.2, -0.15) is 0 Å². The van der Waals surface area contributed by atoms with Crippen LogP contribution in [0.5, 0.6) is 0 Å². The molecule has 0 saturated carbocycles. The molecule has 0 radical (unpaired) electrons. The van der Waals surface area contributed by atoms with Gasteiger partial charge in [-0.1, -0.05) is 29.8 Å². The normalized spacial score (nSPS) is 9.92. The standard InChI is InChI=1S/C17H15ClN2O4/c1-19-16(22)11-5-4-6-12(9-11)20-15(21)10-24-17(23)13-7-2-3-8-14(13)18/h2-9H,10H2,1H3,(H,19,22)(H,20,21). The van der Waals surface area contributed by atoms with E-state index in [9.17, 15) is 14.4 Å². The third-order valence-electron chi connectivity index (χ3n) is 3.06. The van der Waals surface area contributed by atoms with Gasteiger partial charge in [0, 0.05) is 18.3 Å². The van der Waals surface area contributed by atoms with E-state index >= 15 is 0 Å². The zero-order valence-electron chi connectivity index (χ0n) is 12.8. The molecule has 24 heavy (non-hydrogen) atoms. The highest BCUT2D eigenvalue weighted by atomic mass is 35.5. The number of rotatable bonds is 5. The van der Waals surface area contributed by atoms with Crippen molar-refractivity contribution in [3.8, 4) is 0 Å². The second kappa shape index (κ2) is 8.12. The van der Waals surface area contributed by atoms with Crippen LogP contribution in [-0.4, -0.2) is 31.4 Å². The molecular weight excluding hydrogens is 332 g/mol. The molecule has 0 aliphatic carbocycles. The molecule has 0 spiro atoms. The first-order valence-electron chi connectivity index (χ1n) is 7.05. The van der Waals surface area contributed by atoms with E-state index in [1.165, 1.54) is 19.2 Å². The van der Waals surface area contributed by atoms with Gasteiger partial charge in [0.15, 0.2) is 6.61 Å².